The third-order valence-electron chi connectivity index (χ3n) is 3.90. The van der Waals surface area contributed by atoms with Crippen LogP contribution in [0.25, 0.3) is 0 Å². The predicted octanol–water partition coefficient (Wildman–Crippen LogP) is 4.13. The topological polar surface area (TPSA) is 12.0 Å². The maximum absolute atomic E-state index is 12.8. The van der Waals surface area contributed by atoms with Gasteiger partial charge in [0.15, 0.2) is 0 Å². The summed E-state index contributed by atoms with van der Waals surface area (Å²) in [6.45, 7) is 7.89. The molecule has 2 heteroatoms. The highest BCUT2D eigenvalue weighted by atomic mass is 19.1. The van der Waals surface area contributed by atoms with Crippen molar-refractivity contribution in [1.29, 1.82) is 0 Å². The van der Waals surface area contributed by atoms with Crippen molar-refractivity contribution in [2.45, 2.75) is 52.6 Å². The second-order valence-corrected chi connectivity index (χ2v) is 6.62. The van der Waals surface area contributed by atoms with Crippen LogP contribution in [-0.2, 0) is 6.54 Å². The lowest BCUT2D eigenvalue weighted by atomic mass is 9.70. The molecule has 1 aliphatic carbocycles. The van der Waals surface area contributed by atoms with Crippen LogP contribution in [0.15, 0.2) is 24.3 Å². The molecule has 2 atom stereocenters. The standard InChI is InChI=1S/C16H24FN/c1-12-8-15(10-16(2,3)9-12)18-11-13-4-6-14(17)7-5-13/h4-7,12,15,18H,8-11H2,1-3H3. The Morgan fingerprint density at radius 1 is 1.22 bits per heavy atom. The molecule has 0 amide bonds. The molecule has 2 unspecified atom stereocenters. The van der Waals surface area contributed by atoms with E-state index in [0.29, 0.717) is 11.5 Å². The van der Waals surface area contributed by atoms with Gasteiger partial charge in [-0.1, -0.05) is 32.9 Å². The number of benzene rings is 1. The van der Waals surface area contributed by atoms with Gasteiger partial charge in [0.2, 0.25) is 0 Å². The zero-order valence-corrected chi connectivity index (χ0v) is 11.7. The molecule has 1 nitrogen and oxygen atoms in total. The lowest BCUT2D eigenvalue weighted by Gasteiger charge is -2.39. The Bertz CT molecular complexity index is 383. The summed E-state index contributed by atoms with van der Waals surface area (Å²) >= 11 is 0. The van der Waals surface area contributed by atoms with Crippen LogP contribution >= 0.6 is 0 Å². The summed E-state index contributed by atoms with van der Waals surface area (Å²) in [5, 5.41) is 3.62. The van der Waals surface area contributed by atoms with E-state index in [2.05, 4.69) is 26.1 Å². The Morgan fingerprint density at radius 3 is 2.50 bits per heavy atom. The van der Waals surface area contributed by atoms with Crippen LogP contribution in [0.2, 0.25) is 0 Å². The van der Waals surface area contributed by atoms with Gasteiger partial charge in [0.25, 0.3) is 0 Å². The predicted molar refractivity (Wildman–Crippen MR) is 73.8 cm³/mol. The van der Waals surface area contributed by atoms with Crippen LogP contribution in [0.5, 0.6) is 0 Å². The fourth-order valence-corrected chi connectivity index (χ4v) is 3.37. The van der Waals surface area contributed by atoms with Gasteiger partial charge in [0, 0.05) is 12.6 Å². The molecule has 18 heavy (non-hydrogen) atoms. The monoisotopic (exact) mass is 249 g/mol. The summed E-state index contributed by atoms with van der Waals surface area (Å²) in [5.74, 6) is 0.630. The average Bonchev–Trinajstić information content (AvgIpc) is 2.25. The second kappa shape index (κ2) is 5.40. The molecule has 0 heterocycles. The van der Waals surface area contributed by atoms with Crippen molar-refractivity contribution in [2.24, 2.45) is 11.3 Å². The van der Waals surface area contributed by atoms with E-state index in [-0.39, 0.29) is 5.82 Å². The SMILES string of the molecule is CC1CC(NCc2ccc(F)cc2)CC(C)(C)C1. The molecule has 1 N–H and O–H groups in total. The first-order valence-corrected chi connectivity index (χ1v) is 6.92. The Labute approximate surface area is 110 Å². The molecule has 1 fully saturated rings. The van der Waals surface area contributed by atoms with Gasteiger partial charge in [-0.3, -0.25) is 0 Å². The van der Waals surface area contributed by atoms with Crippen molar-refractivity contribution in [3.05, 3.63) is 35.6 Å². The summed E-state index contributed by atoms with van der Waals surface area (Å²) in [6.07, 6.45) is 3.81. The van der Waals surface area contributed by atoms with Crippen molar-refractivity contribution in [3.8, 4) is 0 Å². The smallest absolute Gasteiger partial charge is 0.123 e. The zero-order valence-electron chi connectivity index (χ0n) is 11.7. The zero-order chi connectivity index (χ0) is 13.2. The van der Waals surface area contributed by atoms with E-state index in [0.717, 1.165) is 18.0 Å². The summed E-state index contributed by atoms with van der Waals surface area (Å²) < 4.78 is 12.8. The van der Waals surface area contributed by atoms with Crippen LogP contribution in [0.4, 0.5) is 4.39 Å². The fraction of sp³-hybridized carbons (Fsp3) is 0.625. The summed E-state index contributed by atoms with van der Waals surface area (Å²) in [6, 6.07) is 7.38. The van der Waals surface area contributed by atoms with E-state index in [1.807, 2.05) is 12.1 Å². The van der Waals surface area contributed by atoms with Gasteiger partial charge in [0.1, 0.15) is 5.82 Å². The second-order valence-electron chi connectivity index (χ2n) is 6.62. The van der Waals surface area contributed by atoms with Gasteiger partial charge in [0.05, 0.1) is 0 Å². The van der Waals surface area contributed by atoms with Crippen molar-refractivity contribution in [1.82, 2.24) is 5.32 Å². The van der Waals surface area contributed by atoms with Crippen molar-refractivity contribution in [3.63, 3.8) is 0 Å². The van der Waals surface area contributed by atoms with Crippen molar-refractivity contribution in [2.75, 3.05) is 0 Å². The van der Waals surface area contributed by atoms with E-state index < -0.39 is 0 Å². The molecule has 0 aliphatic heterocycles. The number of rotatable bonds is 3. The van der Waals surface area contributed by atoms with Crippen LogP contribution < -0.4 is 5.32 Å². The third-order valence-corrected chi connectivity index (χ3v) is 3.90. The van der Waals surface area contributed by atoms with Crippen LogP contribution in [0.3, 0.4) is 0 Å². The van der Waals surface area contributed by atoms with E-state index in [4.69, 9.17) is 0 Å². The van der Waals surface area contributed by atoms with E-state index in [1.165, 1.54) is 31.4 Å². The number of nitrogens with one attached hydrogen (secondary N) is 1. The quantitative estimate of drug-likeness (QED) is 0.849. The highest BCUT2D eigenvalue weighted by Crippen LogP contribution is 2.38. The molecular formula is C16H24FN. The normalized spacial score (nSPS) is 27.1. The molecule has 0 radical (unpaired) electrons. The minimum Gasteiger partial charge on any atom is -0.310 e. The van der Waals surface area contributed by atoms with Gasteiger partial charge in [-0.2, -0.15) is 0 Å². The number of halogens is 1. The Balaban J connectivity index is 1.88. The van der Waals surface area contributed by atoms with Gasteiger partial charge in [-0.05, 0) is 48.3 Å². The minimum absolute atomic E-state index is 0.161. The van der Waals surface area contributed by atoms with Crippen LogP contribution in [-0.4, -0.2) is 6.04 Å². The molecule has 1 saturated carbocycles. The van der Waals surface area contributed by atoms with Gasteiger partial charge < -0.3 is 5.32 Å². The van der Waals surface area contributed by atoms with Crippen molar-refractivity contribution >= 4 is 0 Å². The first kappa shape index (κ1) is 13.5. The van der Waals surface area contributed by atoms with E-state index in [9.17, 15) is 4.39 Å². The largest absolute Gasteiger partial charge is 0.310 e. The van der Waals surface area contributed by atoms with Crippen LogP contribution in [0, 0.1) is 17.2 Å². The maximum Gasteiger partial charge on any atom is 0.123 e. The summed E-state index contributed by atoms with van der Waals surface area (Å²) in [4.78, 5) is 0. The van der Waals surface area contributed by atoms with Gasteiger partial charge >= 0.3 is 0 Å². The maximum atomic E-state index is 12.8. The van der Waals surface area contributed by atoms with Gasteiger partial charge in [-0.15, -0.1) is 0 Å². The van der Waals surface area contributed by atoms with E-state index >= 15 is 0 Å². The number of hydrogen-bond donors (Lipinski definition) is 1. The Kier molecular flexibility index (Phi) is 4.06. The molecule has 1 aromatic carbocycles. The molecule has 0 aromatic heterocycles. The molecule has 2 rings (SSSR count). The average molecular weight is 249 g/mol. The lowest BCUT2D eigenvalue weighted by Crippen LogP contribution is -2.39. The molecule has 0 spiro atoms. The molecule has 0 bridgehead atoms. The Morgan fingerprint density at radius 2 is 1.89 bits per heavy atom. The first-order chi connectivity index (χ1) is 8.44. The molecule has 0 saturated heterocycles. The molecule has 100 valence electrons. The molecule has 1 aliphatic rings. The highest BCUT2D eigenvalue weighted by molar-refractivity contribution is 5.15. The summed E-state index contributed by atoms with van der Waals surface area (Å²) in [5.41, 5.74) is 1.60. The minimum atomic E-state index is -0.161. The highest BCUT2D eigenvalue weighted by Gasteiger charge is 2.31. The molecule has 1 aromatic rings. The lowest BCUT2D eigenvalue weighted by molar-refractivity contribution is 0.151. The summed E-state index contributed by atoms with van der Waals surface area (Å²) in [7, 11) is 0. The first-order valence-electron chi connectivity index (χ1n) is 6.92. The van der Waals surface area contributed by atoms with Gasteiger partial charge in [-0.25, -0.2) is 4.39 Å². The number of hydrogen-bond acceptors (Lipinski definition) is 1. The Hall–Kier alpha value is -0.890. The van der Waals surface area contributed by atoms with E-state index in [1.54, 1.807) is 0 Å². The van der Waals surface area contributed by atoms with Crippen LogP contribution in [0.1, 0.15) is 45.6 Å². The third kappa shape index (κ3) is 3.81. The molecular weight excluding hydrogens is 225 g/mol. The van der Waals surface area contributed by atoms with Crippen molar-refractivity contribution < 1.29 is 4.39 Å². The fourth-order valence-electron chi connectivity index (χ4n) is 3.37.